The van der Waals surface area contributed by atoms with Crippen molar-refractivity contribution in [1.82, 2.24) is 10.6 Å². The third-order valence-corrected chi connectivity index (χ3v) is 4.85. The molecule has 3 N–H and O–H groups in total. The zero-order chi connectivity index (χ0) is 15.6. The summed E-state index contributed by atoms with van der Waals surface area (Å²) in [7, 11) is 0. The van der Waals surface area contributed by atoms with Crippen LogP contribution in [-0.2, 0) is 16.1 Å². The summed E-state index contributed by atoms with van der Waals surface area (Å²) in [5.41, 5.74) is 2.10. The molecule has 1 heterocycles. The Balaban J connectivity index is 1.48. The molecule has 3 rings (SSSR count). The third kappa shape index (κ3) is 3.30. The summed E-state index contributed by atoms with van der Waals surface area (Å²) in [6.07, 6.45) is 3.29. The minimum atomic E-state index is -0.0814. The first kappa shape index (κ1) is 15.0. The van der Waals surface area contributed by atoms with E-state index in [0.29, 0.717) is 6.54 Å². The largest absolute Gasteiger partial charge is 0.352 e. The van der Waals surface area contributed by atoms with Gasteiger partial charge in [0, 0.05) is 25.1 Å². The average Bonchev–Trinajstić information content (AvgIpc) is 3.20. The van der Waals surface area contributed by atoms with Crippen LogP contribution in [0, 0.1) is 11.3 Å². The van der Waals surface area contributed by atoms with Crippen molar-refractivity contribution in [3.8, 4) is 0 Å². The van der Waals surface area contributed by atoms with Gasteiger partial charge in [-0.3, -0.25) is 9.59 Å². The Kier molecular flexibility index (Phi) is 4.16. The molecule has 1 unspecified atom stereocenters. The highest BCUT2D eigenvalue weighted by Crippen LogP contribution is 2.58. The van der Waals surface area contributed by atoms with Gasteiger partial charge in [-0.05, 0) is 55.5 Å². The second kappa shape index (κ2) is 6.08. The minimum absolute atomic E-state index is 0.0814. The van der Waals surface area contributed by atoms with Gasteiger partial charge in [-0.1, -0.05) is 12.1 Å². The lowest BCUT2D eigenvalue weighted by molar-refractivity contribution is -0.123. The first-order chi connectivity index (χ1) is 10.6. The predicted molar refractivity (Wildman–Crippen MR) is 85.2 cm³/mol. The number of piperidine rings is 1. The maximum Gasteiger partial charge on any atom is 0.223 e. The molecule has 5 heteroatoms. The van der Waals surface area contributed by atoms with Crippen LogP contribution < -0.4 is 16.0 Å². The molecule has 0 bridgehead atoms. The molecule has 1 aliphatic heterocycles. The van der Waals surface area contributed by atoms with Crippen molar-refractivity contribution in [2.24, 2.45) is 11.3 Å². The lowest BCUT2D eigenvalue weighted by Gasteiger charge is -2.23. The van der Waals surface area contributed by atoms with Crippen molar-refractivity contribution < 1.29 is 9.59 Å². The normalized spacial score (nSPS) is 22.1. The zero-order valence-electron chi connectivity index (χ0n) is 12.9. The quantitative estimate of drug-likeness (QED) is 0.792. The SMILES string of the molecule is CC(=O)Nc1ccc(CNC(=O)C2CC23CCNCC3)cc1. The van der Waals surface area contributed by atoms with Crippen LogP contribution in [0.2, 0.25) is 0 Å². The van der Waals surface area contributed by atoms with Gasteiger partial charge in [0.1, 0.15) is 0 Å². The first-order valence-electron chi connectivity index (χ1n) is 7.94. The summed E-state index contributed by atoms with van der Waals surface area (Å²) in [6, 6.07) is 7.57. The number of carbonyl (C=O) groups excluding carboxylic acids is 2. The molecule has 1 spiro atoms. The van der Waals surface area contributed by atoms with Crippen LogP contribution in [0.15, 0.2) is 24.3 Å². The Morgan fingerprint density at radius 2 is 1.91 bits per heavy atom. The molecule has 1 aliphatic carbocycles. The van der Waals surface area contributed by atoms with Gasteiger partial charge in [-0.2, -0.15) is 0 Å². The molecule has 5 nitrogen and oxygen atoms in total. The number of hydrogen-bond donors (Lipinski definition) is 3. The Morgan fingerprint density at radius 3 is 2.55 bits per heavy atom. The van der Waals surface area contributed by atoms with Crippen molar-refractivity contribution in [3.05, 3.63) is 29.8 Å². The highest BCUT2D eigenvalue weighted by atomic mass is 16.2. The van der Waals surface area contributed by atoms with Crippen LogP contribution in [0.25, 0.3) is 0 Å². The minimum Gasteiger partial charge on any atom is -0.352 e. The van der Waals surface area contributed by atoms with Gasteiger partial charge < -0.3 is 16.0 Å². The zero-order valence-corrected chi connectivity index (χ0v) is 12.9. The monoisotopic (exact) mass is 301 g/mol. The number of nitrogens with one attached hydrogen (secondary N) is 3. The van der Waals surface area contributed by atoms with E-state index in [1.165, 1.54) is 6.92 Å². The maximum atomic E-state index is 12.3. The van der Waals surface area contributed by atoms with Gasteiger partial charge in [-0.25, -0.2) is 0 Å². The molecule has 1 aromatic rings. The standard InChI is InChI=1S/C17H23N3O2/c1-12(21)20-14-4-2-13(3-5-14)11-19-16(22)15-10-17(15)6-8-18-9-7-17/h2-5,15,18H,6-11H2,1H3,(H,19,22)(H,20,21). The van der Waals surface area contributed by atoms with Crippen molar-refractivity contribution in [2.45, 2.75) is 32.7 Å². The Labute approximate surface area is 130 Å². The average molecular weight is 301 g/mol. The van der Waals surface area contributed by atoms with Crippen molar-refractivity contribution in [3.63, 3.8) is 0 Å². The van der Waals surface area contributed by atoms with E-state index in [0.717, 1.165) is 43.6 Å². The number of hydrogen-bond acceptors (Lipinski definition) is 3. The highest BCUT2D eigenvalue weighted by molar-refractivity contribution is 5.88. The third-order valence-electron chi connectivity index (χ3n) is 4.85. The topological polar surface area (TPSA) is 70.2 Å². The van der Waals surface area contributed by atoms with E-state index < -0.39 is 0 Å². The molecule has 2 amide bonds. The number of amides is 2. The number of benzene rings is 1. The van der Waals surface area contributed by atoms with Crippen LogP contribution in [-0.4, -0.2) is 24.9 Å². The summed E-state index contributed by atoms with van der Waals surface area (Å²) in [4.78, 5) is 23.2. The molecule has 1 aromatic carbocycles. The van der Waals surface area contributed by atoms with E-state index in [1.54, 1.807) is 0 Å². The van der Waals surface area contributed by atoms with Gasteiger partial charge >= 0.3 is 0 Å². The molecule has 1 saturated carbocycles. The molecule has 1 atom stereocenters. The Hall–Kier alpha value is -1.88. The molecular weight excluding hydrogens is 278 g/mol. The second-order valence-corrected chi connectivity index (χ2v) is 6.46. The fourth-order valence-electron chi connectivity index (χ4n) is 3.42. The second-order valence-electron chi connectivity index (χ2n) is 6.46. The summed E-state index contributed by atoms with van der Waals surface area (Å²) in [6.45, 7) is 4.10. The van der Waals surface area contributed by atoms with E-state index in [4.69, 9.17) is 0 Å². The van der Waals surface area contributed by atoms with Crippen molar-refractivity contribution in [1.29, 1.82) is 0 Å². The fraction of sp³-hybridized carbons (Fsp3) is 0.529. The predicted octanol–water partition coefficient (Wildman–Crippen LogP) is 1.65. The van der Waals surface area contributed by atoms with Crippen molar-refractivity contribution >= 4 is 17.5 Å². The lowest BCUT2D eigenvalue weighted by atomic mass is 9.92. The molecule has 0 radical (unpaired) electrons. The van der Waals surface area contributed by atoms with Gasteiger partial charge in [0.25, 0.3) is 0 Å². The van der Waals surface area contributed by atoms with E-state index in [-0.39, 0.29) is 23.1 Å². The number of rotatable bonds is 4. The molecule has 1 saturated heterocycles. The summed E-state index contributed by atoms with van der Waals surface area (Å²) in [5, 5.41) is 9.13. The Bertz CT molecular complexity index is 562. The molecule has 0 aromatic heterocycles. The summed E-state index contributed by atoms with van der Waals surface area (Å²) < 4.78 is 0. The van der Waals surface area contributed by atoms with E-state index in [9.17, 15) is 9.59 Å². The molecule has 2 aliphatic rings. The van der Waals surface area contributed by atoms with E-state index in [1.807, 2.05) is 24.3 Å². The van der Waals surface area contributed by atoms with Crippen molar-refractivity contribution in [2.75, 3.05) is 18.4 Å². The summed E-state index contributed by atoms with van der Waals surface area (Å²) in [5.74, 6) is 0.308. The van der Waals surface area contributed by atoms with E-state index >= 15 is 0 Å². The van der Waals surface area contributed by atoms with Crippen LogP contribution in [0.4, 0.5) is 5.69 Å². The fourth-order valence-corrected chi connectivity index (χ4v) is 3.42. The van der Waals surface area contributed by atoms with Gasteiger partial charge in [-0.15, -0.1) is 0 Å². The van der Waals surface area contributed by atoms with Gasteiger partial charge in [0.05, 0.1) is 0 Å². The van der Waals surface area contributed by atoms with Crippen LogP contribution >= 0.6 is 0 Å². The molecular formula is C17H23N3O2. The summed E-state index contributed by atoms with van der Waals surface area (Å²) >= 11 is 0. The van der Waals surface area contributed by atoms with Crippen LogP contribution in [0.1, 0.15) is 31.7 Å². The van der Waals surface area contributed by atoms with Gasteiger partial charge in [0.2, 0.25) is 11.8 Å². The lowest BCUT2D eigenvalue weighted by Crippen LogP contribution is -2.33. The number of anilines is 1. The smallest absolute Gasteiger partial charge is 0.223 e. The van der Waals surface area contributed by atoms with Gasteiger partial charge in [0.15, 0.2) is 0 Å². The molecule has 118 valence electrons. The molecule has 22 heavy (non-hydrogen) atoms. The maximum absolute atomic E-state index is 12.3. The van der Waals surface area contributed by atoms with E-state index in [2.05, 4.69) is 16.0 Å². The highest BCUT2D eigenvalue weighted by Gasteiger charge is 2.57. The van der Waals surface area contributed by atoms with Crippen LogP contribution in [0.3, 0.4) is 0 Å². The Morgan fingerprint density at radius 1 is 1.23 bits per heavy atom. The van der Waals surface area contributed by atoms with Crippen LogP contribution in [0.5, 0.6) is 0 Å². The first-order valence-corrected chi connectivity index (χ1v) is 7.94. The number of carbonyl (C=O) groups is 2. The molecule has 2 fully saturated rings.